The van der Waals surface area contributed by atoms with E-state index < -0.39 is 0 Å². The summed E-state index contributed by atoms with van der Waals surface area (Å²) >= 11 is 0. The molecule has 1 fully saturated rings. The van der Waals surface area contributed by atoms with E-state index in [1.807, 2.05) is 6.07 Å². The van der Waals surface area contributed by atoms with Crippen molar-refractivity contribution in [3.63, 3.8) is 0 Å². The van der Waals surface area contributed by atoms with Crippen LogP contribution in [0.4, 0.5) is 4.39 Å². The van der Waals surface area contributed by atoms with Crippen molar-refractivity contribution in [2.45, 2.75) is 44.7 Å². The second kappa shape index (κ2) is 5.99. The lowest BCUT2D eigenvalue weighted by molar-refractivity contribution is 0.106. The van der Waals surface area contributed by atoms with Crippen molar-refractivity contribution < 1.29 is 4.39 Å². The molecule has 106 valence electrons. The molecule has 1 saturated heterocycles. The summed E-state index contributed by atoms with van der Waals surface area (Å²) in [6, 6.07) is 6.87. The highest BCUT2D eigenvalue weighted by Gasteiger charge is 2.36. The number of halogens is 1. The number of hydrogen-bond donors (Lipinski definition) is 2. The Kier molecular flexibility index (Phi) is 4.55. The van der Waals surface area contributed by atoms with E-state index in [2.05, 4.69) is 24.2 Å². The van der Waals surface area contributed by atoms with Crippen molar-refractivity contribution in [1.82, 2.24) is 10.3 Å². The Bertz CT molecular complexity index is 414. The normalized spacial score (nSPS) is 18.7. The standard InChI is InChI=1S/C15H24FN3/c1-15(2,19-8-3-4-9-19)14(18-17)11-12-6-5-7-13(16)10-12/h5-7,10,14,18H,3-4,8-9,11,17H2,1-2H3. The van der Waals surface area contributed by atoms with E-state index in [1.165, 1.54) is 18.9 Å². The zero-order valence-corrected chi connectivity index (χ0v) is 11.8. The maximum absolute atomic E-state index is 13.3. The predicted octanol–water partition coefficient (Wildman–Crippen LogP) is 2.07. The Hall–Kier alpha value is -0.970. The first-order valence-electron chi connectivity index (χ1n) is 6.99. The molecule has 0 saturated carbocycles. The Morgan fingerprint density at radius 3 is 2.63 bits per heavy atom. The van der Waals surface area contributed by atoms with Crippen LogP contribution in [0, 0.1) is 5.82 Å². The van der Waals surface area contributed by atoms with Gasteiger partial charge in [0.2, 0.25) is 0 Å². The van der Waals surface area contributed by atoms with Crippen molar-refractivity contribution in [1.29, 1.82) is 0 Å². The summed E-state index contributed by atoms with van der Waals surface area (Å²) in [7, 11) is 0. The monoisotopic (exact) mass is 265 g/mol. The lowest BCUT2D eigenvalue weighted by Gasteiger charge is -2.42. The molecule has 0 amide bonds. The molecule has 4 heteroatoms. The highest BCUT2D eigenvalue weighted by molar-refractivity contribution is 5.18. The van der Waals surface area contributed by atoms with Gasteiger partial charge in [0.25, 0.3) is 0 Å². The van der Waals surface area contributed by atoms with E-state index >= 15 is 0 Å². The highest BCUT2D eigenvalue weighted by atomic mass is 19.1. The maximum Gasteiger partial charge on any atom is 0.123 e. The third-order valence-corrected chi connectivity index (χ3v) is 4.30. The van der Waals surface area contributed by atoms with Crippen molar-refractivity contribution in [2.24, 2.45) is 5.84 Å². The van der Waals surface area contributed by atoms with E-state index in [4.69, 9.17) is 5.84 Å². The van der Waals surface area contributed by atoms with E-state index in [0.29, 0.717) is 0 Å². The molecule has 1 heterocycles. The molecule has 0 bridgehead atoms. The fourth-order valence-electron chi connectivity index (χ4n) is 2.93. The first kappa shape index (κ1) is 14.4. The molecule has 0 aliphatic carbocycles. The van der Waals surface area contributed by atoms with Gasteiger partial charge < -0.3 is 0 Å². The van der Waals surface area contributed by atoms with Gasteiger partial charge >= 0.3 is 0 Å². The number of hydrazine groups is 1. The van der Waals surface area contributed by atoms with E-state index in [9.17, 15) is 4.39 Å². The Labute approximate surface area is 114 Å². The quantitative estimate of drug-likeness (QED) is 0.632. The molecule has 3 N–H and O–H groups in total. The average Bonchev–Trinajstić information content (AvgIpc) is 2.90. The zero-order chi connectivity index (χ0) is 13.9. The number of rotatable bonds is 5. The first-order chi connectivity index (χ1) is 9.04. The summed E-state index contributed by atoms with van der Waals surface area (Å²) < 4.78 is 13.3. The van der Waals surface area contributed by atoms with Crippen LogP contribution >= 0.6 is 0 Å². The third-order valence-electron chi connectivity index (χ3n) is 4.30. The van der Waals surface area contributed by atoms with Crippen LogP contribution in [-0.4, -0.2) is 29.6 Å². The minimum absolute atomic E-state index is 0.0302. The molecular weight excluding hydrogens is 241 g/mol. The number of nitrogens with zero attached hydrogens (tertiary/aromatic N) is 1. The molecule has 3 nitrogen and oxygen atoms in total. The summed E-state index contributed by atoms with van der Waals surface area (Å²) in [5, 5.41) is 0. The van der Waals surface area contributed by atoms with Crippen molar-refractivity contribution in [3.8, 4) is 0 Å². The van der Waals surface area contributed by atoms with Crippen molar-refractivity contribution >= 4 is 0 Å². The number of hydrogen-bond acceptors (Lipinski definition) is 3. The van der Waals surface area contributed by atoms with E-state index in [-0.39, 0.29) is 17.4 Å². The van der Waals surface area contributed by atoms with Gasteiger partial charge in [-0.25, -0.2) is 4.39 Å². The van der Waals surface area contributed by atoms with Gasteiger partial charge in [-0.2, -0.15) is 0 Å². The molecule has 2 rings (SSSR count). The van der Waals surface area contributed by atoms with Gasteiger partial charge in [0.1, 0.15) is 5.82 Å². The van der Waals surface area contributed by atoms with Gasteiger partial charge in [0.15, 0.2) is 0 Å². The van der Waals surface area contributed by atoms with Gasteiger partial charge in [-0.15, -0.1) is 0 Å². The molecule has 1 atom stereocenters. The van der Waals surface area contributed by atoms with Gasteiger partial charge in [-0.1, -0.05) is 12.1 Å². The third kappa shape index (κ3) is 3.32. The molecule has 0 radical (unpaired) electrons. The van der Waals surface area contributed by atoms with Crippen LogP contribution in [-0.2, 0) is 6.42 Å². The molecule has 19 heavy (non-hydrogen) atoms. The summed E-state index contributed by atoms with van der Waals surface area (Å²) in [6.45, 7) is 6.66. The fourth-order valence-corrected chi connectivity index (χ4v) is 2.93. The molecule has 1 aromatic rings. The number of nitrogens with one attached hydrogen (secondary N) is 1. The van der Waals surface area contributed by atoms with E-state index in [0.717, 1.165) is 25.1 Å². The zero-order valence-electron chi connectivity index (χ0n) is 11.8. The summed E-state index contributed by atoms with van der Waals surface area (Å²) in [5.41, 5.74) is 3.87. The molecule has 0 spiro atoms. The second-order valence-corrected chi connectivity index (χ2v) is 5.90. The molecule has 1 aromatic carbocycles. The largest absolute Gasteiger partial charge is 0.297 e. The van der Waals surface area contributed by atoms with Gasteiger partial charge in [-0.05, 0) is 63.9 Å². The molecule has 1 unspecified atom stereocenters. The second-order valence-electron chi connectivity index (χ2n) is 5.90. The minimum Gasteiger partial charge on any atom is -0.297 e. The van der Waals surface area contributed by atoms with Crippen LogP contribution in [0.25, 0.3) is 0 Å². The first-order valence-corrected chi connectivity index (χ1v) is 6.99. The smallest absolute Gasteiger partial charge is 0.123 e. The van der Waals surface area contributed by atoms with Crippen LogP contribution in [0.2, 0.25) is 0 Å². The lowest BCUT2D eigenvalue weighted by Crippen LogP contribution is -2.59. The van der Waals surface area contributed by atoms with Gasteiger partial charge in [0, 0.05) is 11.6 Å². The Morgan fingerprint density at radius 1 is 1.37 bits per heavy atom. The summed E-state index contributed by atoms with van der Waals surface area (Å²) in [6.07, 6.45) is 3.24. The van der Waals surface area contributed by atoms with Gasteiger partial charge in [0.05, 0.1) is 0 Å². The number of nitrogens with two attached hydrogens (primary N) is 1. The molecule has 1 aliphatic heterocycles. The van der Waals surface area contributed by atoms with Crippen LogP contribution in [0.15, 0.2) is 24.3 Å². The van der Waals surface area contributed by atoms with Crippen LogP contribution in [0.1, 0.15) is 32.3 Å². The predicted molar refractivity (Wildman–Crippen MR) is 76.1 cm³/mol. The van der Waals surface area contributed by atoms with Crippen LogP contribution in [0.5, 0.6) is 0 Å². The summed E-state index contributed by atoms with van der Waals surface area (Å²) in [4.78, 5) is 2.47. The van der Waals surface area contributed by atoms with Crippen molar-refractivity contribution in [3.05, 3.63) is 35.6 Å². The van der Waals surface area contributed by atoms with Crippen LogP contribution < -0.4 is 11.3 Å². The fraction of sp³-hybridized carbons (Fsp3) is 0.600. The Morgan fingerprint density at radius 2 is 2.05 bits per heavy atom. The maximum atomic E-state index is 13.3. The average molecular weight is 265 g/mol. The SMILES string of the molecule is CC(C)(C(Cc1cccc(F)c1)NN)N1CCCC1. The Balaban J connectivity index is 2.10. The van der Waals surface area contributed by atoms with Crippen LogP contribution in [0.3, 0.4) is 0 Å². The van der Waals surface area contributed by atoms with Gasteiger partial charge in [-0.3, -0.25) is 16.2 Å². The summed E-state index contributed by atoms with van der Waals surface area (Å²) in [5.74, 6) is 5.55. The molecule has 0 aromatic heterocycles. The number of benzene rings is 1. The molecular formula is C15H24FN3. The molecule has 1 aliphatic rings. The minimum atomic E-state index is -0.188. The van der Waals surface area contributed by atoms with Crippen molar-refractivity contribution in [2.75, 3.05) is 13.1 Å². The lowest BCUT2D eigenvalue weighted by atomic mass is 9.88. The van der Waals surface area contributed by atoms with E-state index in [1.54, 1.807) is 12.1 Å². The highest BCUT2D eigenvalue weighted by Crippen LogP contribution is 2.26. The number of likely N-dealkylation sites (tertiary alicyclic amines) is 1. The topological polar surface area (TPSA) is 41.3 Å².